The van der Waals surface area contributed by atoms with Crippen molar-refractivity contribution in [3.8, 4) is 0 Å². The van der Waals surface area contributed by atoms with E-state index in [9.17, 15) is 18.0 Å². The predicted molar refractivity (Wildman–Crippen MR) is 165 cm³/mol. The van der Waals surface area contributed by atoms with E-state index >= 15 is 0 Å². The van der Waals surface area contributed by atoms with Crippen molar-refractivity contribution in [1.82, 2.24) is 14.5 Å². The van der Waals surface area contributed by atoms with Gasteiger partial charge in [-0.3, -0.25) is 9.59 Å². The first kappa shape index (κ1) is 30.9. The second-order valence-electron chi connectivity index (χ2n) is 10.6. The number of benzene rings is 3. The molecule has 1 atom stereocenters. The van der Waals surface area contributed by atoms with Gasteiger partial charge in [0.1, 0.15) is 6.04 Å². The number of nitrogens with one attached hydrogen (secondary N) is 1. The lowest BCUT2D eigenvalue weighted by molar-refractivity contribution is -0.141. The van der Waals surface area contributed by atoms with Gasteiger partial charge in [0.05, 0.1) is 4.90 Å². The summed E-state index contributed by atoms with van der Waals surface area (Å²) in [5, 5.41) is 3.21. The maximum absolute atomic E-state index is 13.9. The Labute approximate surface area is 252 Å². The third kappa shape index (κ3) is 8.74. The molecular formula is C32H38BrN3O4S. The molecule has 3 aromatic rings. The molecule has 2 amide bonds. The number of carbonyl (C=O) groups is 2. The van der Waals surface area contributed by atoms with Crippen molar-refractivity contribution in [2.75, 3.05) is 13.6 Å². The second-order valence-corrected chi connectivity index (χ2v) is 13.6. The lowest BCUT2D eigenvalue weighted by atomic mass is 10.0. The van der Waals surface area contributed by atoms with E-state index in [1.807, 2.05) is 54.6 Å². The Kier molecular flexibility index (Phi) is 11.1. The maximum atomic E-state index is 13.9. The van der Waals surface area contributed by atoms with Crippen molar-refractivity contribution < 1.29 is 18.0 Å². The number of hydrogen-bond acceptors (Lipinski definition) is 4. The minimum absolute atomic E-state index is 0.116. The van der Waals surface area contributed by atoms with Crippen LogP contribution in [0.4, 0.5) is 0 Å². The number of rotatable bonds is 13. The fraction of sp³-hybridized carbons (Fsp3) is 0.375. The Morgan fingerprint density at radius 3 is 2.22 bits per heavy atom. The minimum atomic E-state index is -3.66. The molecule has 1 aliphatic rings. The third-order valence-electron chi connectivity index (χ3n) is 7.53. The molecule has 4 rings (SSSR count). The van der Waals surface area contributed by atoms with Crippen molar-refractivity contribution in [1.29, 1.82) is 0 Å². The molecule has 0 radical (unpaired) electrons. The molecule has 218 valence electrons. The highest BCUT2D eigenvalue weighted by Gasteiger charge is 2.32. The van der Waals surface area contributed by atoms with E-state index in [0.717, 1.165) is 41.3 Å². The van der Waals surface area contributed by atoms with Gasteiger partial charge < -0.3 is 10.2 Å². The Balaban J connectivity index is 1.54. The Bertz CT molecular complexity index is 1400. The summed E-state index contributed by atoms with van der Waals surface area (Å²) >= 11 is 3.52. The first-order chi connectivity index (χ1) is 19.7. The van der Waals surface area contributed by atoms with E-state index in [2.05, 4.69) is 21.2 Å². The van der Waals surface area contributed by atoms with Gasteiger partial charge in [0.2, 0.25) is 21.8 Å². The highest BCUT2D eigenvalue weighted by atomic mass is 79.9. The summed E-state index contributed by atoms with van der Waals surface area (Å²) in [6.07, 6.45) is 4.92. The molecule has 3 aromatic carbocycles. The number of halogens is 1. The summed E-state index contributed by atoms with van der Waals surface area (Å²) in [5.41, 5.74) is 1.88. The zero-order valence-corrected chi connectivity index (χ0v) is 25.8. The molecule has 0 spiro atoms. The van der Waals surface area contributed by atoms with Gasteiger partial charge in [-0.05, 0) is 54.7 Å². The van der Waals surface area contributed by atoms with Crippen LogP contribution < -0.4 is 5.32 Å². The van der Waals surface area contributed by atoms with Gasteiger partial charge in [-0.25, -0.2) is 12.7 Å². The Hall–Kier alpha value is -3.01. The number of amides is 2. The van der Waals surface area contributed by atoms with Gasteiger partial charge in [-0.1, -0.05) is 89.4 Å². The first-order valence-corrected chi connectivity index (χ1v) is 16.4. The summed E-state index contributed by atoms with van der Waals surface area (Å²) in [4.78, 5) is 29.5. The van der Waals surface area contributed by atoms with Crippen molar-refractivity contribution in [2.45, 2.75) is 68.5 Å². The van der Waals surface area contributed by atoms with E-state index < -0.39 is 16.1 Å². The van der Waals surface area contributed by atoms with Crippen LogP contribution in [0.25, 0.3) is 0 Å². The molecule has 0 heterocycles. The highest BCUT2D eigenvalue weighted by molar-refractivity contribution is 9.10. The number of hydrogen-bond donors (Lipinski definition) is 1. The van der Waals surface area contributed by atoms with Crippen LogP contribution in [0.5, 0.6) is 0 Å². The topological polar surface area (TPSA) is 86.8 Å². The molecule has 0 aromatic heterocycles. The number of nitrogens with zero attached hydrogens (tertiary/aromatic N) is 2. The average Bonchev–Trinajstić information content (AvgIpc) is 3.48. The molecule has 1 saturated carbocycles. The van der Waals surface area contributed by atoms with Crippen molar-refractivity contribution in [3.05, 3.63) is 101 Å². The van der Waals surface area contributed by atoms with Gasteiger partial charge in [-0.2, -0.15) is 0 Å². The molecule has 1 N–H and O–H groups in total. The van der Waals surface area contributed by atoms with Gasteiger partial charge >= 0.3 is 0 Å². The molecule has 7 nitrogen and oxygen atoms in total. The molecule has 0 aliphatic heterocycles. The second kappa shape index (κ2) is 14.8. The van der Waals surface area contributed by atoms with Crippen molar-refractivity contribution in [3.63, 3.8) is 0 Å². The van der Waals surface area contributed by atoms with Gasteiger partial charge in [0, 0.05) is 43.5 Å². The normalized spacial score (nSPS) is 14.6. The Morgan fingerprint density at radius 1 is 0.927 bits per heavy atom. The van der Waals surface area contributed by atoms with Gasteiger partial charge in [0.15, 0.2) is 0 Å². The number of carbonyl (C=O) groups excluding carboxylic acids is 2. The fourth-order valence-corrected chi connectivity index (χ4v) is 6.92. The average molecular weight is 641 g/mol. The largest absolute Gasteiger partial charge is 0.352 e. The fourth-order valence-electron chi connectivity index (χ4n) is 5.24. The van der Waals surface area contributed by atoms with Crippen LogP contribution in [0.3, 0.4) is 0 Å². The molecular weight excluding hydrogens is 602 g/mol. The SMILES string of the molecule is CN(CCCC(=O)N(Cc1cccc(Br)c1)[C@@H](Cc1ccccc1)C(=O)NC1CCCC1)S(=O)(=O)c1ccccc1. The molecule has 0 unspecified atom stereocenters. The summed E-state index contributed by atoms with van der Waals surface area (Å²) in [6, 6.07) is 25.2. The molecule has 1 fully saturated rings. The minimum Gasteiger partial charge on any atom is -0.352 e. The van der Waals surface area contributed by atoms with Crippen LogP contribution in [-0.4, -0.2) is 55.1 Å². The van der Waals surface area contributed by atoms with E-state index in [1.54, 1.807) is 35.2 Å². The van der Waals surface area contributed by atoms with Crippen molar-refractivity contribution >= 4 is 37.8 Å². The van der Waals surface area contributed by atoms with Crippen LogP contribution in [0.1, 0.15) is 49.7 Å². The standard InChI is InChI=1S/C32H38BrN3O4S/c1-35(41(39,40)29-18-6-3-7-19-29)21-11-20-31(37)36(24-26-14-10-15-27(33)22-26)30(23-25-12-4-2-5-13-25)32(38)34-28-16-8-9-17-28/h2-7,10,12-15,18-19,22,28,30H,8-9,11,16-17,20-21,23-24H2,1H3,(H,34,38)/t30-/m0/s1. The Morgan fingerprint density at radius 2 is 1.56 bits per heavy atom. The summed E-state index contributed by atoms with van der Waals surface area (Å²) < 4.78 is 28.1. The first-order valence-electron chi connectivity index (χ1n) is 14.1. The van der Waals surface area contributed by atoms with Crippen LogP contribution in [0.2, 0.25) is 0 Å². The van der Waals surface area contributed by atoms with Crippen LogP contribution in [0.15, 0.2) is 94.3 Å². The molecule has 9 heteroatoms. The monoisotopic (exact) mass is 639 g/mol. The van der Waals surface area contributed by atoms with E-state index in [1.165, 1.54) is 11.4 Å². The van der Waals surface area contributed by atoms with Crippen LogP contribution in [0, 0.1) is 0 Å². The summed E-state index contributed by atoms with van der Waals surface area (Å²) in [5.74, 6) is -0.328. The zero-order chi connectivity index (χ0) is 29.2. The van der Waals surface area contributed by atoms with Gasteiger partial charge in [-0.15, -0.1) is 0 Å². The molecule has 41 heavy (non-hydrogen) atoms. The van der Waals surface area contributed by atoms with Crippen LogP contribution >= 0.6 is 15.9 Å². The van der Waals surface area contributed by atoms with E-state index in [4.69, 9.17) is 0 Å². The predicted octanol–water partition coefficient (Wildman–Crippen LogP) is 5.55. The molecule has 0 bridgehead atoms. The maximum Gasteiger partial charge on any atom is 0.243 e. The lowest BCUT2D eigenvalue weighted by Gasteiger charge is -2.32. The smallest absolute Gasteiger partial charge is 0.243 e. The summed E-state index contributed by atoms with van der Waals surface area (Å²) in [7, 11) is -2.13. The number of sulfonamides is 1. The lowest BCUT2D eigenvalue weighted by Crippen LogP contribution is -2.52. The molecule has 0 saturated heterocycles. The molecule has 1 aliphatic carbocycles. The van der Waals surface area contributed by atoms with Crippen LogP contribution in [-0.2, 0) is 32.6 Å². The quantitative estimate of drug-likeness (QED) is 0.266. The van der Waals surface area contributed by atoms with E-state index in [-0.39, 0.29) is 42.3 Å². The highest BCUT2D eigenvalue weighted by Crippen LogP contribution is 2.22. The van der Waals surface area contributed by atoms with E-state index in [0.29, 0.717) is 12.8 Å². The van der Waals surface area contributed by atoms with Crippen molar-refractivity contribution in [2.24, 2.45) is 0 Å². The van der Waals surface area contributed by atoms with Gasteiger partial charge in [0.25, 0.3) is 0 Å². The third-order valence-corrected chi connectivity index (χ3v) is 9.89. The zero-order valence-electron chi connectivity index (χ0n) is 23.4. The summed E-state index contributed by atoms with van der Waals surface area (Å²) in [6.45, 7) is 0.456.